The van der Waals surface area contributed by atoms with Gasteiger partial charge in [0.05, 0.1) is 12.8 Å². The van der Waals surface area contributed by atoms with E-state index in [1.165, 1.54) is 0 Å². The van der Waals surface area contributed by atoms with Gasteiger partial charge < -0.3 is 14.6 Å². The molecule has 2 aromatic rings. The zero-order valence-electron chi connectivity index (χ0n) is 11.9. The molecule has 5 heteroatoms. The Morgan fingerprint density at radius 2 is 2.25 bits per heavy atom. The van der Waals surface area contributed by atoms with Crippen LogP contribution in [0, 0.1) is 5.82 Å². The summed E-state index contributed by atoms with van der Waals surface area (Å²) in [6.07, 6.45) is 4.27. The third-order valence-corrected chi connectivity index (χ3v) is 3.03. The molecule has 2 rings (SSSR count). The molecule has 0 saturated carbocycles. The molecule has 0 spiro atoms. The van der Waals surface area contributed by atoms with E-state index in [-0.39, 0.29) is 5.82 Å². The Morgan fingerprint density at radius 1 is 1.40 bits per heavy atom. The molecule has 0 saturated heterocycles. The molecular formula is C15H20FN3O. The molecule has 2 aromatic heterocycles. The fourth-order valence-electron chi connectivity index (χ4n) is 1.98. The third kappa shape index (κ3) is 3.57. The molecule has 1 N–H and O–H groups in total. The highest BCUT2D eigenvalue weighted by Gasteiger charge is 2.14. The number of furan rings is 1. The van der Waals surface area contributed by atoms with Gasteiger partial charge in [-0.1, -0.05) is 6.92 Å². The zero-order valence-corrected chi connectivity index (χ0v) is 11.9. The number of nitrogens with one attached hydrogen (secondary N) is 1. The zero-order chi connectivity index (χ0) is 14.4. The van der Waals surface area contributed by atoms with Crippen LogP contribution in [0.25, 0.3) is 0 Å². The largest absolute Gasteiger partial charge is 0.467 e. The predicted molar refractivity (Wildman–Crippen MR) is 77.0 cm³/mol. The molecule has 0 aliphatic rings. The van der Waals surface area contributed by atoms with Crippen LogP contribution in [-0.2, 0) is 13.1 Å². The smallest absolute Gasteiger partial charge is 0.170 e. The Kier molecular flexibility index (Phi) is 5.12. The SMILES string of the molecule is CCCNCc1ccnc(N(C)Cc2ccco2)c1F. The van der Waals surface area contributed by atoms with Crippen LogP contribution in [-0.4, -0.2) is 18.6 Å². The highest BCUT2D eigenvalue weighted by Crippen LogP contribution is 2.20. The third-order valence-electron chi connectivity index (χ3n) is 3.03. The highest BCUT2D eigenvalue weighted by molar-refractivity contribution is 5.42. The van der Waals surface area contributed by atoms with E-state index in [1.54, 1.807) is 30.5 Å². The summed E-state index contributed by atoms with van der Waals surface area (Å²) in [4.78, 5) is 5.88. The van der Waals surface area contributed by atoms with Gasteiger partial charge in [0, 0.05) is 25.4 Å². The van der Waals surface area contributed by atoms with Gasteiger partial charge in [0.2, 0.25) is 0 Å². The number of anilines is 1. The van der Waals surface area contributed by atoms with E-state index in [2.05, 4.69) is 17.2 Å². The standard InChI is InChI=1S/C15H20FN3O/c1-3-7-17-10-12-6-8-18-15(14(12)16)19(2)11-13-5-4-9-20-13/h4-6,8-9,17H,3,7,10-11H2,1-2H3. The van der Waals surface area contributed by atoms with Gasteiger partial charge in [-0.05, 0) is 31.2 Å². The van der Waals surface area contributed by atoms with Crippen molar-refractivity contribution in [1.29, 1.82) is 0 Å². The van der Waals surface area contributed by atoms with Crippen molar-refractivity contribution in [3.05, 3.63) is 47.8 Å². The summed E-state index contributed by atoms with van der Waals surface area (Å²) in [6.45, 7) is 3.96. The van der Waals surface area contributed by atoms with Crippen LogP contribution in [0.1, 0.15) is 24.7 Å². The minimum absolute atomic E-state index is 0.273. The Hall–Kier alpha value is -1.88. The molecule has 0 aromatic carbocycles. The van der Waals surface area contributed by atoms with Crippen molar-refractivity contribution in [2.45, 2.75) is 26.4 Å². The van der Waals surface area contributed by atoms with Gasteiger partial charge in [0.15, 0.2) is 11.6 Å². The van der Waals surface area contributed by atoms with E-state index >= 15 is 0 Å². The molecule has 0 amide bonds. The number of nitrogens with zero attached hydrogens (tertiary/aromatic N) is 2. The lowest BCUT2D eigenvalue weighted by Crippen LogP contribution is -2.21. The summed E-state index contributed by atoms with van der Waals surface area (Å²) >= 11 is 0. The summed E-state index contributed by atoms with van der Waals surface area (Å²) in [6, 6.07) is 5.39. The number of hydrogen-bond acceptors (Lipinski definition) is 4. The lowest BCUT2D eigenvalue weighted by molar-refractivity contribution is 0.503. The minimum atomic E-state index is -0.273. The van der Waals surface area contributed by atoms with Gasteiger partial charge in [-0.15, -0.1) is 0 Å². The van der Waals surface area contributed by atoms with Crippen molar-refractivity contribution in [3.8, 4) is 0 Å². The van der Waals surface area contributed by atoms with Gasteiger partial charge in [-0.3, -0.25) is 0 Å². The Morgan fingerprint density at radius 3 is 2.95 bits per heavy atom. The van der Waals surface area contributed by atoms with Crippen molar-refractivity contribution >= 4 is 5.82 Å². The van der Waals surface area contributed by atoms with Crippen molar-refractivity contribution < 1.29 is 8.81 Å². The second-order valence-electron chi connectivity index (χ2n) is 4.72. The van der Waals surface area contributed by atoms with Gasteiger partial charge in [0.25, 0.3) is 0 Å². The first-order valence-electron chi connectivity index (χ1n) is 6.80. The molecule has 0 radical (unpaired) electrons. The predicted octanol–water partition coefficient (Wildman–Crippen LogP) is 2.95. The molecule has 0 aliphatic heterocycles. The molecule has 0 bridgehead atoms. The maximum Gasteiger partial charge on any atom is 0.170 e. The van der Waals surface area contributed by atoms with E-state index in [1.807, 2.05) is 12.1 Å². The van der Waals surface area contributed by atoms with Crippen LogP contribution in [0.3, 0.4) is 0 Å². The van der Waals surface area contributed by atoms with Gasteiger partial charge in [-0.2, -0.15) is 0 Å². The first-order chi connectivity index (χ1) is 9.72. The fraction of sp³-hybridized carbons (Fsp3) is 0.400. The molecular weight excluding hydrogens is 257 g/mol. The van der Waals surface area contributed by atoms with E-state index in [0.29, 0.717) is 24.5 Å². The molecule has 108 valence electrons. The lowest BCUT2D eigenvalue weighted by Gasteiger charge is -2.18. The number of hydrogen-bond donors (Lipinski definition) is 1. The van der Waals surface area contributed by atoms with Gasteiger partial charge in [-0.25, -0.2) is 9.37 Å². The topological polar surface area (TPSA) is 41.3 Å². The summed E-state index contributed by atoms with van der Waals surface area (Å²) in [5.41, 5.74) is 0.634. The molecule has 0 atom stereocenters. The maximum atomic E-state index is 14.4. The molecule has 2 heterocycles. The maximum absolute atomic E-state index is 14.4. The average molecular weight is 277 g/mol. The molecule has 0 aliphatic carbocycles. The quantitative estimate of drug-likeness (QED) is 0.790. The van der Waals surface area contributed by atoms with E-state index in [4.69, 9.17) is 4.42 Å². The summed E-state index contributed by atoms with van der Waals surface area (Å²) < 4.78 is 19.7. The first-order valence-corrected chi connectivity index (χ1v) is 6.80. The second-order valence-corrected chi connectivity index (χ2v) is 4.72. The van der Waals surface area contributed by atoms with E-state index in [0.717, 1.165) is 18.7 Å². The van der Waals surface area contributed by atoms with Crippen LogP contribution in [0.4, 0.5) is 10.2 Å². The van der Waals surface area contributed by atoms with Crippen LogP contribution >= 0.6 is 0 Å². The summed E-state index contributed by atoms with van der Waals surface area (Å²) in [5.74, 6) is 0.852. The van der Waals surface area contributed by atoms with Gasteiger partial charge >= 0.3 is 0 Å². The first kappa shape index (κ1) is 14.5. The minimum Gasteiger partial charge on any atom is -0.467 e. The second kappa shape index (κ2) is 7.05. The van der Waals surface area contributed by atoms with Crippen LogP contribution in [0.15, 0.2) is 35.1 Å². The van der Waals surface area contributed by atoms with Crippen molar-refractivity contribution in [2.24, 2.45) is 0 Å². The Labute approximate surface area is 118 Å². The van der Waals surface area contributed by atoms with Crippen molar-refractivity contribution in [3.63, 3.8) is 0 Å². The van der Waals surface area contributed by atoms with Crippen LogP contribution < -0.4 is 10.2 Å². The molecule has 0 unspecified atom stereocenters. The molecule has 0 fully saturated rings. The van der Waals surface area contributed by atoms with Gasteiger partial charge in [0.1, 0.15) is 5.76 Å². The number of aromatic nitrogens is 1. The highest BCUT2D eigenvalue weighted by atomic mass is 19.1. The van der Waals surface area contributed by atoms with Crippen molar-refractivity contribution in [1.82, 2.24) is 10.3 Å². The molecule has 20 heavy (non-hydrogen) atoms. The van der Waals surface area contributed by atoms with Crippen LogP contribution in [0.5, 0.6) is 0 Å². The van der Waals surface area contributed by atoms with E-state index < -0.39 is 0 Å². The molecule has 4 nitrogen and oxygen atoms in total. The van der Waals surface area contributed by atoms with E-state index in [9.17, 15) is 4.39 Å². The van der Waals surface area contributed by atoms with Crippen LogP contribution in [0.2, 0.25) is 0 Å². The number of rotatable bonds is 7. The van der Waals surface area contributed by atoms with Crippen molar-refractivity contribution in [2.75, 3.05) is 18.5 Å². The fourth-order valence-corrected chi connectivity index (χ4v) is 1.98. The lowest BCUT2D eigenvalue weighted by atomic mass is 10.2. The Bertz CT molecular complexity index is 528. The average Bonchev–Trinajstić information content (AvgIpc) is 2.93. The summed E-state index contributed by atoms with van der Waals surface area (Å²) in [5, 5.41) is 3.20. The normalized spacial score (nSPS) is 10.8. The Balaban J connectivity index is 2.08. The monoisotopic (exact) mass is 277 g/mol. The number of pyridine rings is 1. The number of halogens is 1. The summed E-state index contributed by atoms with van der Waals surface area (Å²) in [7, 11) is 1.80.